The fourth-order valence-corrected chi connectivity index (χ4v) is 1.70. The largest absolute Gasteiger partial charge is 0.394 e. The fraction of sp³-hybridized carbons (Fsp3) is 0.357. The SMILES string of the molecule is CC(C)(CO)NC(=O)Nc1ccnn1Cc1ccccn1. The molecule has 2 amide bonds. The van der Waals surface area contributed by atoms with Gasteiger partial charge in [0.05, 0.1) is 30.6 Å². The summed E-state index contributed by atoms with van der Waals surface area (Å²) in [5.74, 6) is 0.562. The van der Waals surface area contributed by atoms with Crippen LogP contribution in [-0.2, 0) is 6.54 Å². The molecular weight excluding hydrogens is 270 g/mol. The van der Waals surface area contributed by atoms with Crippen molar-refractivity contribution >= 4 is 11.8 Å². The van der Waals surface area contributed by atoms with Gasteiger partial charge < -0.3 is 10.4 Å². The van der Waals surface area contributed by atoms with Gasteiger partial charge in [0, 0.05) is 12.3 Å². The number of aliphatic hydroxyl groups excluding tert-OH is 1. The molecule has 0 aliphatic carbocycles. The molecule has 7 nitrogen and oxygen atoms in total. The van der Waals surface area contributed by atoms with Gasteiger partial charge in [0.2, 0.25) is 0 Å². The first-order valence-electron chi connectivity index (χ1n) is 6.62. The van der Waals surface area contributed by atoms with E-state index in [-0.39, 0.29) is 6.61 Å². The number of carbonyl (C=O) groups is 1. The molecule has 0 aliphatic rings. The van der Waals surface area contributed by atoms with Crippen LogP contribution in [0.25, 0.3) is 0 Å². The van der Waals surface area contributed by atoms with Gasteiger partial charge in [-0.3, -0.25) is 10.3 Å². The van der Waals surface area contributed by atoms with E-state index in [9.17, 15) is 4.79 Å². The number of amides is 2. The third kappa shape index (κ3) is 4.28. The summed E-state index contributed by atoms with van der Waals surface area (Å²) in [6.07, 6.45) is 3.32. The van der Waals surface area contributed by atoms with Gasteiger partial charge in [-0.2, -0.15) is 5.10 Å². The summed E-state index contributed by atoms with van der Waals surface area (Å²) < 4.78 is 1.65. The van der Waals surface area contributed by atoms with Gasteiger partial charge in [-0.25, -0.2) is 9.48 Å². The zero-order valence-corrected chi connectivity index (χ0v) is 12.1. The van der Waals surface area contributed by atoms with Crippen LogP contribution in [0, 0.1) is 0 Å². The van der Waals surface area contributed by atoms with Crippen LogP contribution in [0.4, 0.5) is 10.6 Å². The van der Waals surface area contributed by atoms with Crippen molar-refractivity contribution in [1.82, 2.24) is 20.1 Å². The number of carbonyl (C=O) groups excluding carboxylic acids is 1. The van der Waals surface area contributed by atoms with E-state index >= 15 is 0 Å². The van der Waals surface area contributed by atoms with Gasteiger partial charge in [0.15, 0.2) is 0 Å². The van der Waals surface area contributed by atoms with E-state index in [0.717, 1.165) is 5.69 Å². The molecule has 0 unspecified atom stereocenters. The minimum absolute atomic E-state index is 0.145. The van der Waals surface area contributed by atoms with Crippen LogP contribution < -0.4 is 10.6 Å². The summed E-state index contributed by atoms with van der Waals surface area (Å²) >= 11 is 0. The molecule has 2 heterocycles. The van der Waals surface area contributed by atoms with Crippen molar-refractivity contribution in [3.8, 4) is 0 Å². The lowest BCUT2D eigenvalue weighted by Gasteiger charge is -2.23. The Bertz CT molecular complexity index is 594. The highest BCUT2D eigenvalue weighted by Gasteiger charge is 2.19. The third-order valence-corrected chi connectivity index (χ3v) is 2.84. The molecule has 3 N–H and O–H groups in total. The Morgan fingerprint density at radius 3 is 2.81 bits per heavy atom. The van der Waals surface area contributed by atoms with E-state index in [1.165, 1.54) is 0 Å². The minimum atomic E-state index is -0.685. The van der Waals surface area contributed by atoms with Crippen molar-refractivity contribution < 1.29 is 9.90 Å². The quantitative estimate of drug-likeness (QED) is 0.771. The molecule has 0 aliphatic heterocycles. The Balaban J connectivity index is 2.02. The number of aromatic nitrogens is 3. The Morgan fingerprint density at radius 2 is 2.14 bits per heavy atom. The molecule has 0 radical (unpaired) electrons. The van der Waals surface area contributed by atoms with Crippen LogP contribution in [0.2, 0.25) is 0 Å². The Kier molecular flexibility index (Phi) is 4.54. The number of nitrogens with one attached hydrogen (secondary N) is 2. The first-order chi connectivity index (χ1) is 10.00. The summed E-state index contributed by atoms with van der Waals surface area (Å²) in [4.78, 5) is 16.1. The normalized spacial score (nSPS) is 11.2. The molecule has 0 aromatic carbocycles. The standard InChI is InChI=1S/C14H19N5O2/c1-14(2,10-20)18-13(21)17-12-6-8-16-19(12)9-11-5-3-4-7-15-11/h3-8,20H,9-10H2,1-2H3,(H2,17,18,21). The fourth-order valence-electron chi connectivity index (χ4n) is 1.70. The van der Waals surface area contributed by atoms with Gasteiger partial charge in [-0.15, -0.1) is 0 Å². The van der Waals surface area contributed by atoms with Crippen LogP contribution >= 0.6 is 0 Å². The molecule has 0 atom stereocenters. The predicted octanol–water partition coefficient (Wildman–Crippen LogP) is 1.22. The summed E-state index contributed by atoms with van der Waals surface area (Å²) in [6, 6.07) is 6.94. The van der Waals surface area contributed by atoms with Crippen LogP contribution in [0.1, 0.15) is 19.5 Å². The highest BCUT2D eigenvalue weighted by Crippen LogP contribution is 2.09. The number of anilines is 1. The Hall–Kier alpha value is -2.41. The van der Waals surface area contributed by atoms with Crippen molar-refractivity contribution in [2.24, 2.45) is 0 Å². The van der Waals surface area contributed by atoms with Crippen LogP contribution in [0.5, 0.6) is 0 Å². The van der Waals surface area contributed by atoms with Gasteiger partial charge >= 0.3 is 6.03 Å². The third-order valence-electron chi connectivity index (χ3n) is 2.84. The number of hydrogen-bond acceptors (Lipinski definition) is 4. The molecule has 7 heteroatoms. The summed E-state index contributed by atoms with van der Waals surface area (Å²) in [5, 5.41) is 18.7. The van der Waals surface area contributed by atoms with Crippen LogP contribution in [0.3, 0.4) is 0 Å². The molecule has 112 valence electrons. The van der Waals surface area contributed by atoms with Crippen LogP contribution in [-0.4, -0.2) is 38.0 Å². The van der Waals surface area contributed by atoms with Crippen molar-refractivity contribution in [2.75, 3.05) is 11.9 Å². The lowest BCUT2D eigenvalue weighted by molar-refractivity contribution is 0.187. The number of urea groups is 1. The smallest absolute Gasteiger partial charge is 0.320 e. The molecule has 21 heavy (non-hydrogen) atoms. The molecule has 0 bridgehead atoms. The lowest BCUT2D eigenvalue weighted by atomic mass is 10.1. The minimum Gasteiger partial charge on any atom is -0.394 e. The zero-order chi connectivity index (χ0) is 15.3. The summed E-state index contributed by atoms with van der Waals surface area (Å²) in [7, 11) is 0. The highest BCUT2D eigenvalue weighted by atomic mass is 16.3. The molecule has 2 aromatic heterocycles. The number of nitrogens with zero attached hydrogens (tertiary/aromatic N) is 3. The van der Waals surface area contributed by atoms with E-state index in [0.29, 0.717) is 12.4 Å². The maximum atomic E-state index is 11.9. The van der Waals surface area contributed by atoms with E-state index in [2.05, 4.69) is 20.7 Å². The molecule has 0 fully saturated rings. The first-order valence-corrected chi connectivity index (χ1v) is 6.62. The average molecular weight is 289 g/mol. The molecule has 2 aromatic rings. The second kappa shape index (κ2) is 6.36. The second-order valence-electron chi connectivity index (χ2n) is 5.32. The van der Waals surface area contributed by atoms with E-state index in [1.54, 1.807) is 37.0 Å². The van der Waals surface area contributed by atoms with E-state index in [1.807, 2.05) is 18.2 Å². The first kappa shape index (κ1) is 15.0. The Morgan fingerprint density at radius 1 is 1.33 bits per heavy atom. The lowest BCUT2D eigenvalue weighted by Crippen LogP contribution is -2.48. The molecule has 0 saturated heterocycles. The predicted molar refractivity (Wildman–Crippen MR) is 78.9 cm³/mol. The van der Waals surface area contributed by atoms with Crippen LogP contribution in [0.15, 0.2) is 36.7 Å². The van der Waals surface area contributed by atoms with Crippen molar-refractivity contribution in [2.45, 2.75) is 25.9 Å². The molecule has 0 saturated carbocycles. The van der Waals surface area contributed by atoms with Gasteiger partial charge in [0.25, 0.3) is 0 Å². The zero-order valence-electron chi connectivity index (χ0n) is 12.1. The number of rotatable bonds is 5. The molecule has 0 spiro atoms. The topological polar surface area (TPSA) is 92.1 Å². The van der Waals surface area contributed by atoms with Crippen molar-refractivity contribution in [1.29, 1.82) is 0 Å². The maximum absolute atomic E-state index is 11.9. The number of aliphatic hydroxyl groups is 1. The van der Waals surface area contributed by atoms with Crippen molar-refractivity contribution in [3.63, 3.8) is 0 Å². The summed E-state index contributed by atoms with van der Waals surface area (Å²) in [5.41, 5.74) is 0.163. The number of pyridine rings is 1. The van der Waals surface area contributed by atoms with Gasteiger partial charge in [-0.05, 0) is 26.0 Å². The average Bonchev–Trinajstić information content (AvgIpc) is 2.86. The molecular formula is C14H19N5O2. The van der Waals surface area contributed by atoms with E-state index < -0.39 is 11.6 Å². The second-order valence-corrected chi connectivity index (χ2v) is 5.32. The van der Waals surface area contributed by atoms with Crippen molar-refractivity contribution in [3.05, 3.63) is 42.4 Å². The summed E-state index contributed by atoms with van der Waals surface area (Å²) in [6.45, 7) is 3.79. The van der Waals surface area contributed by atoms with E-state index in [4.69, 9.17) is 5.11 Å². The molecule has 2 rings (SSSR count). The highest BCUT2D eigenvalue weighted by molar-refractivity contribution is 5.88. The number of hydrogen-bond donors (Lipinski definition) is 3. The maximum Gasteiger partial charge on any atom is 0.320 e. The monoisotopic (exact) mass is 289 g/mol. The van der Waals surface area contributed by atoms with Gasteiger partial charge in [0.1, 0.15) is 5.82 Å². The Labute approximate surface area is 123 Å². The van der Waals surface area contributed by atoms with Gasteiger partial charge in [-0.1, -0.05) is 6.07 Å².